The molecule has 0 aliphatic heterocycles. The van der Waals surface area contributed by atoms with Crippen LogP contribution < -0.4 is 5.32 Å². The molecule has 15 heavy (non-hydrogen) atoms. The maximum atomic E-state index is 12.7. The lowest BCUT2D eigenvalue weighted by molar-refractivity contribution is -0.115. The van der Waals surface area contributed by atoms with Crippen molar-refractivity contribution in [2.45, 2.75) is 6.18 Å². The highest BCUT2D eigenvalue weighted by atomic mass is 35.5. The fraction of sp³-hybridized carbons (Fsp3) is 0.250. The van der Waals surface area contributed by atoms with Crippen molar-refractivity contribution in [3.05, 3.63) is 28.0 Å². The minimum atomic E-state index is -4.39. The Labute approximate surface area is 93.0 Å². The van der Waals surface area contributed by atoms with Crippen LogP contribution in [0.1, 0.15) is 0 Å². The standard InChI is InChI=1S/C8H5Cl2F4N/c9-5-1-4(11)2-6(10)7(5)15-3-8(12,13)14/h1-2,15H,3H2. The Morgan fingerprint density at radius 2 is 1.60 bits per heavy atom. The van der Waals surface area contributed by atoms with Gasteiger partial charge in [0.05, 0.1) is 15.7 Å². The van der Waals surface area contributed by atoms with E-state index in [1.54, 1.807) is 0 Å². The third-order valence-corrected chi connectivity index (χ3v) is 2.07. The number of nitrogens with one attached hydrogen (secondary N) is 1. The predicted octanol–water partition coefficient (Wildman–Crippen LogP) is 4.11. The molecule has 0 saturated carbocycles. The van der Waals surface area contributed by atoms with Crippen LogP contribution in [-0.4, -0.2) is 12.7 Å². The first-order valence-electron chi connectivity index (χ1n) is 3.75. The fourth-order valence-corrected chi connectivity index (χ4v) is 1.49. The second kappa shape index (κ2) is 4.45. The molecule has 0 saturated heterocycles. The third-order valence-electron chi connectivity index (χ3n) is 1.47. The molecule has 1 N–H and O–H groups in total. The Morgan fingerprint density at radius 1 is 1.13 bits per heavy atom. The molecule has 0 spiro atoms. The normalized spacial score (nSPS) is 11.6. The zero-order valence-electron chi connectivity index (χ0n) is 7.13. The molecule has 0 unspecified atom stereocenters. The highest BCUT2D eigenvalue weighted by molar-refractivity contribution is 6.39. The zero-order chi connectivity index (χ0) is 11.6. The van der Waals surface area contributed by atoms with E-state index in [1.165, 1.54) is 0 Å². The summed E-state index contributed by atoms with van der Waals surface area (Å²) >= 11 is 11.0. The lowest BCUT2D eigenvalue weighted by Gasteiger charge is -2.12. The van der Waals surface area contributed by atoms with Crippen LogP contribution in [0.3, 0.4) is 0 Å². The van der Waals surface area contributed by atoms with Crippen LogP contribution in [0.2, 0.25) is 10.0 Å². The van der Waals surface area contributed by atoms with Gasteiger partial charge in [0, 0.05) is 0 Å². The second-order valence-electron chi connectivity index (χ2n) is 2.71. The van der Waals surface area contributed by atoms with Gasteiger partial charge >= 0.3 is 6.18 Å². The van der Waals surface area contributed by atoms with Gasteiger partial charge in [0.2, 0.25) is 0 Å². The monoisotopic (exact) mass is 261 g/mol. The van der Waals surface area contributed by atoms with Crippen molar-refractivity contribution in [2.75, 3.05) is 11.9 Å². The number of alkyl halides is 3. The maximum Gasteiger partial charge on any atom is 0.405 e. The minimum absolute atomic E-state index is 0.128. The fourth-order valence-electron chi connectivity index (χ4n) is 0.900. The first-order chi connectivity index (χ1) is 6.79. The van der Waals surface area contributed by atoms with Crippen molar-refractivity contribution < 1.29 is 17.6 Å². The van der Waals surface area contributed by atoms with Crippen LogP contribution in [0.15, 0.2) is 12.1 Å². The predicted molar refractivity (Wildman–Crippen MR) is 51.0 cm³/mol. The van der Waals surface area contributed by atoms with Gasteiger partial charge in [0.15, 0.2) is 0 Å². The van der Waals surface area contributed by atoms with Crippen LogP contribution in [0, 0.1) is 5.82 Å². The van der Waals surface area contributed by atoms with E-state index >= 15 is 0 Å². The summed E-state index contributed by atoms with van der Waals surface area (Å²) < 4.78 is 48.2. The first-order valence-corrected chi connectivity index (χ1v) is 4.50. The quantitative estimate of drug-likeness (QED) is 0.791. The number of hydrogen-bond acceptors (Lipinski definition) is 1. The van der Waals surface area contributed by atoms with Crippen molar-refractivity contribution in [3.63, 3.8) is 0 Å². The van der Waals surface area contributed by atoms with Crippen LogP contribution in [0.5, 0.6) is 0 Å². The van der Waals surface area contributed by atoms with Gasteiger partial charge in [-0.25, -0.2) is 4.39 Å². The molecule has 0 radical (unpaired) electrons. The van der Waals surface area contributed by atoms with Crippen molar-refractivity contribution in [3.8, 4) is 0 Å². The Kier molecular flexibility index (Phi) is 3.67. The summed E-state index contributed by atoms with van der Waals surface area (Å²) in [6.07, 6.45) is -4.39. The maximum absolute atomic E-state index is 12.7. The third kappa shape index (κ3) is 3.76. The van der Waals surface area contributed by atoms with Crippen molar-refractivity contribution in [1.29, 1.82) is 0 Å². The number of benzene rings is 1. The largest absolute Gasteiger partial charge is 0.405 e. The van der Waals surface area contributed by atoms with E-state index in [-0.39, 0.29) is 15.7 Å². The van der Waals surface area contributed by atoms with Gasteiger partial charge in [-0.15, -0.1) is 0 Å². The molecule has 84 valence electrons. The van der Waals surface area contributed by atoms with E-state index in [9.17, 15) is 17.6 Å². The average Bonchev–Trinajstić information content (AvgIpc) is 1.99. The van der Waals surface area contributed by atoms with Crippen molar-refractivity contribution >= 4 is 28.9 Å². The van der Waals surface area contributed by atoms with Gasteiger partial charge in [0.25, 0.3) is 0 Å². The molecular weight excluding hydrogens is 257 g/mol. The summed E-state index contributed by atoms with van der Waals surface area (Å²) in [5.74, 6) is -0.706. The summed E-state index contributed by atoms with van der Waals surface area (Å²) in [5.41, 5.74) is -0.128. The number of hydrogen-bond donors (Lipinski definition) is 1. The Hall–Kier alpha value is -0.680. The summed E-state index contributed by atoms with van der Waals surface area (Å²) in [7, 11) is 0. The SMILES string of the molecule is Fc1cc(Cl)c(NCC(F)(F)F)c(Cl)c1. The Bertz CT molecular complexity index is 341. The molecule has 0 atom stereocenters. The number of anilines is 1. The highest BCUT2D eigenvalue weighted by Gasteiger charge is 2.27. The molecule has 0 fully saturated rings. The number of halogens is 6. The molecule has 0 aliphatic carbocycles. The van der Waals surface area contributed by atoms with Crippen LogP contribution >= 0.6 is 23.2 Å². The van der Waals surface area contributed by atoms with E-state index in [2.05, 4.69) is 0 Å². The lowest BCUT2D eigenvalue weighted by atomic mass is 10.3. The van der Waals surface area contributed by atoms with Gasteiger partial charge in [-0.05, 0) is 12.1 Å². The smallest absolute Gasteiger partial charge is 0.374 e. The van der Waals surface area contributed by atoms with E-state index in [4.69, 9.17) is 23.2 Å². The van der Waals surface area contributed by atoms with Gasteiger partial charge in [0.1, 0.15) is 12.4 Å². The molecule has 0 aromatic heterocycles. The average molecular weight is 262 g/mol. The Balaban J connectivity index is 2.86. The summed E-state index contributed by atoms with van der Waals surface area (Å²) in [5, 5.41) is 1.61. The first kappa shape index (κ1) is 12.4. The van der Waals surface area contributed by atoms with Gasteiger partial charge in [-0.3, -0.25) is 0 Å². The van der Waals surface area contributed by atoms with Gasteiger partial charge in [-0.2, -0.15) is 13.2 Å². The molecule has 0 amide bonds. The van der Waals surface area contributed by atoms with E-state index in [1.807, 2.05) is 5.32 Å². The molecule has 7 heteroatoms. The van der Waals surface area contributed by atoms with Gasteiger partial charge in [-0.1, -0.05) is 23.2 Å². The van der Waals surface area contributed by atoms with Crippen LogP contribution in [-0.2, 0) is 0 Å². The summed E-state index contributed by atoms with van der Waals surface area (Å²) in [6.45, 7) is -1.28. The zero-order valence-corrected chi connectivity index (χ0v) is 8.64. The molecular formula is C8H5Cl2F4N. The number of rotatable bonds is 2. The molecule has 0 heterocycles. The lowest BCUT2D eigenvalue weighted by Crippen LogP contribution is -2.21. The Morgan fingerprint density at radius 3 is 2.00 bits per heavy atom. The summed E-state index contributed by atoms with van der Waals surface area (Å²) in [4.78, 5) is 0. The molecule has 1 rings (SSSR count). The van der Waals surface area contributed by atoms with Crippen molar-refractivity contribution in [2.24, 2.45) is 0 Å². The molecule has 1 aromatic carbocycles. The minimum Gasteiger partial charge on any atom is -0.374 e. The van der Waals surface area contributed by atoms with Crippen molar-refractivity contribution in [1.82, 2.24) is 0 Å². The topological polar surface area (TPSA) is 12.0 Å². The van der Waals surface area contributed by atoms with Gasteiger partial charge < -0.3 is 5.32 Å². The molecule has 1 nitrogen and oxygen atoms in total. The van der Waals surface area contributed by atoms with E-state index in [0.29, 0.717) is 0 Å². The van der Waals surface area contributed by atoms with E-state index in [0.717, 1.165) is 12.1 Å². The summed E-state index contributed by atoms with van der Waals surface area (Å²) in [6, 6.07) is 1.76. The molecule has 0 aliphatic rings. The van der Waals surface area contributed by atoms with Crippen LogP contribution in [0.4, 0.5) is 23.2 Å². The molecule has 1 aromatic rings. The molecule has 0 bridgehead atoms. The van der Waals surface area contributed by atoms with E-state index < -0.39 is 18.5 Å². The second-order valence-corrected chi connectivity index (χ2v) is 3.53. The highest BCUT2D eigenvalue weighted by Crippen LogP contribution is 2.32. The van der Waals surface area contributed by atoms with Crippen LogP contribution in [0.25, 0.3) is 0 Å².